The number of rotatable bonds is 4. The predicted molar refractivity (Wildman–Crippen MR) is 85.4 cm³/mol. The molecule has 23 heavy (non-hydrogen) atoms. The van der Waals surface area contributed by atoms with Crippen LogP contribution < -0.4 is 20.7 Å². The van der Waals surface area contributed by atoms with Crippen LogP contribution >= 0.6 is 0 Å². The van der Waals surface area contributed by atoms with Gasteiger partial charge >= 0.3 is 0 Å². The maximum absolute atomic E-state index is 12.1. The average molecular weight is 341 g/mol. The Morgan fingerprint density at radius 3 is 2.83 bits per heavy atom. The highest BCUT2D eigenvalue weighted by Gasteiger charge is 2.27. The SMILES string of the molecule is CN1C(=O)[C@@H](N)COc2ccc(C(=O)NCCS(C)(=O)=O)cc21. The van der Waals surface area contributed by atoms with Crippen LogP contribution in [-0.2, 0) is 14.6 Å². The van der Waals surface area contributed by atoms with Crippen molar-refractivity contribution in [3.05, 3.63) is 23.8 Å². The topological polar surface area (TPSA) is 119 Å². The molecule has 1 aromatic carbocycles. The van der Waals surface area contributed by atoms with Crippen molar-refractivity contribution >= 4 is 27.3 Å². The van der Waals surface area contributed by atoms with E-state index in [1.165, 1.54) is 11.0 Å². The van der Waals surface area contributed by atoms with Gasteiger partial charge in [-0.05, 0) is 18.2 Å². The lowest BCUT2D eigenvalue weighted by Crippen LogP contribution is -2.43. The molecular weight excluding hydrogens is 322 g/mol. The van der Waals surface area contributed by atoms with Crippen LogP contribution in [0, 0.1) is 0 Å². The lowest BCUT2D eigenvalue weighted by Gasteiger charge is -2.18. The molecule has 1 aliphatic rings. The van der Waals surface area contributed by atoms with Gasteiger partial charge in [-0.25, -0.2) is 8.42 Å². The fraction of sp³-hybridized carbons (Fsp3) is 0.429. The van der Waals surface area contributed by atoms with Gasteiger partial charge in [-0.3, -0.25) is 9.59 Å². The molecule has 8 nitrogen and oxygen atoms in total. The summed E-state index contributed by atoms with van der Waals surface area (Å²) in [5.74, 6) is -0.411. The number of hydrogen-bond acceptors (Lipinski definition) is 6. The molecule has 0 saturated heterocycles. The summed E-state index contributed by atoms with van der Waals surface area (Å²) in [6.45, 7) is 0.0843. The minimum Gasteiger partial charge on any atom is -0.489 e. The fourth-order valence-electron chi connectivity index (χ4n) is 2.11. The predicted octanol–water partition coefficient (Wildman–Crippen LogP) is -0.856. The van der Waals surface area contributed by atoms with Gasteiger partial charge in [-0.2, -0.15) is 0 Å². The molecule has 0 aromatic heterocycles. The zero-order chi connectivity index (χ0) is 17.2. The molecule has 1 atom stereocenters. The summed E-state index contributed by atoms with van der Waals surface area (Å²) in [4.78, 5) is 25.5. The molecule has 126 valence electrons. The number of ether oxygens (including phenoxy) is 1. The van der Waals surface area contributed by atoms with E-state index in [-0.39, 0.29) is 24.8 Å². The maximum atomic E-state index is 12.1. The van der Waals surface area contributed by atoms with Crippen LogP contribution in [0.3, 0.4) is 0 Å². The van der Waals surface area contributed by atoms with Gasteiger partial charge in [0.1, 0.15) is 28.2 Å². The Labute approximate surface area is 134 Å². The van der Waals surface area contributed by atoms with Gasteiger partial charge in [-0.1, -0.05) is 0 Å². The van der Waals surface area contributed by atoms with Crippen molar-refractivity contribution in [3.8, 4) is 5.75 Å². The van der Waals surface area contributed by atoms with Crippen LogP contribution in [0.15, 0.2) is 18.2 Å². The molecule has 9 heteroatoms. The number of hydrogen-bond donors (Lipinski definition) is 2. The largest absolute Gasteiger partial charge is 0.489 e. The van der Waals surface area contributed by atoms with E-state index < -0.39 is 21.8 Å². The number of sulfone groups is 1. The second kappa shape index (κ2) is 6.55. The first kappa shape index (κ1) is 17.2. The normalized spacial score (nSPS) is 18.0. The van der Waals surface area contributed by atoms with Gasteiger partial charge < -0.3 is 20.7 Å². The van der Waals surface area contributed by atoms with Crippen LogP contribution in [0.1, 0.15) is 10.4 Å². The minimum atomic E-state index is -3.14. The quantitative estimate of drug-likeness (QED) is 0.736. The Hall–Kier alpha value is -2.13. The molecule has 0 fully saturated rings. The van der Waals surface area contributed by atoms with Gasteiger partial charge in [0.25, 0.3) is 5.91 Å². The third kappa shape index (κ3) is 4.20. The maximum Gasteiger partial charge on any atom is 0.251 e. The summed E-state index contributed by atoms with van der Waals surface area (Å²) in [5.41, 5.74) is 6.45. The van der Waals surface area contributed by atoms with Crippen molar-refractivity contribution < 1.29 is 22.7 Å². The third-order valence-corrected chi connectivity index (χ3v) is 4.35. The smallest absolute Gasteiger partial charge is 0.251 e. The molecule has 0 radical (unpaired) electrons. The van der Waals surface area contributed by atoms with Crippen LogP contribution in [0.25, 0.3) is 0 Å². The van der Waals surface area contributed by atoms with Gasteiger partial charge in [-0.15, -0.1) is 0 Å². The highest BCUT2D eigenvalue weighted by molar-refractivity contribution is 7.90. The Balaban J connectivity index is 2.17. The van der Waals surface area contributed by atoms with Gasteiger partial charge in [0, 0.05) is 25.4 Å². The standard InChI is InChI=1S/C14H19N3O5S/c1-17-11-7-9(13(18)16-5-6-23(2,20)21)3-4-12(11)22-8-10(15)14(17)19/h3-4,7,10H,5-6,8,15H2,1-2H3,(H,16,18)/t10-/m0/s1. The van der Waals surface area contributed by atoms with E-state index in [9.17, 15) is 18.0 Å². The molecule has 2 amide bonds. The molecule has 1 aromatic rings. The van der Waals surface area contributed by atoms with Crippen LogP contribution in [0.2, 0.25) is 0 Å². The Bertz CT molecular complexity index is 732. The van der Waals surface area contributed by atoms with E-state index in [0.717, 1.165) is 6.26 Å². The number of carbonyl (C=O) groups is 2. The first-order valence-electron chi connectivity index (χ1n) is 6.95. The number of amides is 2. The Morgan fingerprint density at radius 1 is 1.48 bits per heavy atom. The highest BCUT2D eigenvalue weighted by atomic mass is 32.2. The first-order chi connectivity index (χ1) is 10.7. The average Bonchev–Trinajstić information content (AvgIpc) is 2.58. The summed E-state index contributed by atoms with van der Waals surface area (Å²) in [7, 11) is -1.59. The summed E-state index contributed by atoms with van der Waals surface area (Å²) in [6.07, 6.45) is 1.10. The van der Waals surface area contributed by atoms with Crippen molar-refractivity contribution in [1.29, 1.82) is 0 Å². The van der Waals surface area contributed by atoms with E-state index in [0.29, 0.717) is 17.0 Å². The van der Waals surface area contributed by atoms with Crippen LogP contribution in [0.4, 0.5) is 5.69 Å². The summed E-state index contributed by atoms with van der Waals surface area (Å²) < 4.78 is 27.6. The van der Waals surface area contributed by atoms with Gasteiger partial charge in [0.05, 0.1) is 11.4 Å². The van der Waals surface area contributed by atoms with Crippen molar-refractivity contribution in [2.24, 2.45) is 5.73 Å². The van der Waals surface area contributed by atoms with E-state index in [4.69, 9.17) is 10.5 Å². The highest BCUT2D eigenvalue weighted by Crippen LogP contribution is 2.31. The summed E-state index contributed by atoms with van der Waals surface area (Å²) in [6, 6.07) is 3.88. The molecule has 3 N–H and O–H groups in total. The minimum absolute atomic E-state index is 0.0187. The van der Waals surface area contributed by atoms with E-state index >= 15 is 0 Å². The summed E-state index contributed by atoms with van der Waals surface area (Å²) >= 11 is 0. The molecular formula is C14H19N3O5S. The van der Waals surface area contributed by atoms with Gasteiger partial charge in [0.15, 0.2) is 0 Å². The lowest BCUT2D eigenvalue weighted by atomic mass is 10.1. The lowest BCUT2D eigenvalue weighted by molar-refractivity contribution is -0.119. The number of likely N-dealkylation sites (N-methyl/N-ethyl adjacent to an activating group) is 1. The molecule has 0 spiro atoms. The zero-order valence-corrected chi connectivity index (χ0v) is 13.7. The number of nitrogens with two attached hydrogens (primary N) is 1. The van der Waals surface area contributed by atoms with Crippen molar-refractivity contribution in [1.82, 2.24) is 5.32 Å². The zero-order valence-electron chi connectivity index (χ0n) is 12.9. The van der Waals surface area contributed by atoms with Gasteiger partial charge in [0.2, 0.25) is 5.91 Å². The summed E-state index contributed by atoms with van der Waals surface area (Å²) in [5, 5.41) is 2.53. The monoisotopic (exact) mass is 341 g/mol. The van der Waals surface area contributed by atoms with Crippen LogP contribution in [0.5, 0.6) is 5.75 Å². The fourth-order valence-corrected chi connectivity index (χ4v) is 2.59. The van der Waals surface area contributed by atoms with E-state index in [1.807, 2.05) is 0 Å². The molecule has 2 rings (SSSR count). The van der Waals surface area contributed by atoms with E-state index in [2.05, 4.69) is 5.32 Å². The second-order valence-electron chi connectivity index (χ2n) is 5.38. The number of nitrogens with zero attached hydrogens (tertiary/aromatic N) is 1. The molecule has 0 aliphatic carbocycles. The number of benzene rings is 1. The van der Waals surface area contributed by atoms with Crippen molar-refractivity contribution in [2.75, 3.05) is 37.1 Å². The first-order valence-corrected chi connectivity index (χ1v) is 9.01. The number of nitrogens with one attached hydrogen (secondary N) is 1. The number of anilines is 1. The van der Waals surface area contributed by atoms with E-state index in [1.54, 1.807) is 19.2 Å². The Kier molecular flexibility index (Phi) is 4.90. The molecule has 0 unspecified atom stereocenters. The number of carbonyl (C=O) groups excluding carboxylic acids is 2. The van der Waals surface area contributed by atoms with Crippen molar-refractivity contribution in [3.63, 3.8) is 0 Å². The molecule has 1 aliphatic heterocycles. The van der Waals surface area contributed by atoms with Crippen molar-refractivity contribution in [2.45, 2.75) is 6.04 Å². The molecule has 0 saturated carbocycles. The second-order valence-corrected chi connectivity index (χ2v) is 7.64. The number of fused-ring (bicyclic) bond motifs is 1. The molecule has 1 heterocycles. The molecule has 0 bridgehead atoms. The Morgan fingerprint density at radius 2 is 2.17 bits per heavy atom. The van der Waals surface area contributed by atoms with Crippen LogP contribution in [-0.4, -0.2) is 58.5 Å². The third-order valence-electron chi connectivity index (χ3n) is 3.41.